The van der Waals surface area contributed by atoms with Gasteiger partial charge >= 0.3 is 6.03 Å². The van der Waals surface area contributed by atoms with Crippen molar-refractivity contribution in [3.8, 4) is 0 Å². The Morgan fingerprint density at radius 2 is 1.92 bits per heavy atom. The van der Waals surface area contributed by atoms with E-state index in [9.17, 15) is 9.59 Å². The molecule has 1 aromatic heterocycles. The van der Waals surface area contributed by atoms with Crippen molar-refractivity contribution in [2.45, 2.75) is 13.5 Å². The number of hydrogen-bond donors (Lipinski definition) is 1. The lowest BCUT2D eigenvalue weighted by Crippen LogP contribution is -2.51. The van der Waals surface area contributed by atoms with Gasteiger partial charge in [0.2, 0.25) is 0 Å². The van der Waals surface area contributed by atoms with Crippen molar-refractivity contribution in [3.63, 3.8) is 0 Å². The number of rotatable bonds is 3. The highest BCUT2D eigenvalue weighted by molar-refractivity contribution is 5.77. The van der Waals surface area contributed by atoms with Crippen molar-refractivity contribution in [3.05, 3.63) is 40.4 Å². The fourth-order valence-corrected chi connectivity index (χ4v) is 2.98. The minimum absolute atomic E-state index is 0.00613. The number of amides is 2. The molecule has 1 fully saturated rings. The zero-order valence-electron chi connectivity index (χ0n) is 14.2. The Kier molecular flexibility index (Phi) is 4.80. The summed E-state index contributed by atoms with van der Waals surface area (Å²) >= 11 is 0. The topological polar surface area (TPSA) is 70.5 Å². The summed E-state index contributed by atoms with van der Waals surface area (Å²) in [6, 6.07) is 7.41. The molecule has 7 nitrogen and oxygen atoms in total. The second-order valence-corrected chi connectivity index (χ2v) is 6.01. The van der Waals surface area contributed by atoms with Crippen LogP contribution in [0.25, 0.3) is 10.9 Å². The summed E-state index contributed by atoms with van der Waals surface area (Å²) in [5.41, 5.74) is 0.716. The molecule has 1 aromatic carbocycles. The van der Waals surface area contributed by atoms with E-state index < -0.39 is 0 Å². The van der Waals surface area contributed by atoms with E-state index in [0.29, 0.717) is 31.6 Å². The third-order valence-corrected chi connectivity index (χ3v) is 4.43. The van der Waals surface area contributed by atoms with Crippen molar-refractivity contribution < 1.29 is 4.79 Å². The molecule has 0 radical (unpaired) electrons. The van der Waals surface area contributed by atoms with Crippen molar-refractivity contribution in [2.24, 2.45) is 7.05 Å². The number of nitrogens with zero attached hydrogens (tertiary/aromatic N) is 4. The van der Waals surface area contributed by atoms with Gasteiger partial charge in [-0.1, -0.05) is 12.1 Å². The van der Waals surface area contributed by atoms with E-state index in [0.717, 1.165) is 24.4 Å². The number of fused-ring (bicyclic) bond motifs is 1. The van der Waals surface area contributed by atoms with E-state index in [4.69, 9.17) is 0 Å². The lowest BCUT2D eigenvalue weighted by atomic mass is 10.2. The highest BCUT2D eigenvalue weighted by Crippen LogP contribution is 2.10. The van der Waals surface area contributed by atoms with Crippen LogP contribution >= 0.6 is 0 Å². The van der Waals surface area contributed by atoms with Gasteiger partial charge in [-0.05, 0) is 19.1 Å². The maximum Gasteiger partial charge on any atom is 0.317 e. The molecule has 2 aromatic rings. The van der Waals surface area contributed by atoms with Crippen molar-refractivity contribution in [1.82, 2.24) is 24.7 Å². The monoisotopic (exact) mass is 329 g/mol. The van der Waals surface area contributed by atoms with E-state index in [2.05, 4.69) is 15.2 Å². The normalized spacial score (nSPS) is 15.7. The molecule has 0 unspecified atom stereocenters. The Morgan fingerprint density at radius 3 is 2.62 bits per heavy atom. The van der Waals surface area contributed by atoms with Crippen LogP contribution in [0.15, 0.2) is 29.1 Å². The molecular weight excluding hydrogens is 306 g/mol. The summed E-state index contributed by atoms with van der Waals surface area (Å²) < 4.78 is 1.62. The molecule has 1 saturated heterocycles. The third kappa shape index (κ3) is 3.26. The second kappa shape index (κ2) is 7.00. The Hall–Kier alpha value is -2.41. The first-order valence-corrected chi connectivity index (χ1v) is 8.30. The van der Waals surface area contributed by atoms with Crippen LogP contribution in [0.3, 0.4) is 0 Å². The molecule has 1 aliphatic rings. The molecule has 0 atom stereocenters. The number of para-hydroxylation sites is 1. The summed E-state index contributed by atoms with van der Waals surface area (Å²) in [6.07, 6.45) is 0. The number of hydrogen-bond acceptors (Lipinski definition) is 4. The molecule has 0 saturated carbocycles. The maximum atomic E-state index is 12.4. The molecule has 128 valence electrons. The quantitative estimate of drug-likeness (QED) is 0.903. The van der Waals surface area contributed by atoms with Crippen molar-refractivity contribution >= 4 is 16.9 Å². The van der Waals surface area contributed by atoms with Gasteiger partial charge in [0.25, 0.3) is 5.56 Å². The predicted octanol–water partition coefficient (Wildman–Crippen LogP) is 0.781. The van der Waals surface area contributed by atoms with Gasteiger partial charge in [-0.3, -0.25) is 14.3 Å². The standard InChI is InChI=1S/C17H23N5O2/c1-3-18-17(24)22-10-8-21(9-11-22)12-15-19-14-7-5-4-6-13(14)16(23)20(15)2/h4-7H,3,8-12H2,1-2H3,(H,18,24). The first-order chi connectivity index (χ1) is 11.6. The summed E-state index contributed by atoms with van der Waals surface area (Å²) in [6.45, 7) is 6.10. The zero-order chi connectivity index (χ0) is 17.1. The van der Waals surface area contributed by atoms with Crippen LogP contribution in [-0.4, -0.2) is 58.1 Å². The average molecular weight is 329 g/mol. The maximum absolute atomic E-state index is 12.4. The van der Waals surface area contributed by atoms with E-state index in [1.54, 1.807) is 17.7 Å². The SMILES string of the molecule is CCNC(=O)N1CCN(Cc2nc3ccccc3c(=O)n2C)CC1. The largest absolute Gasteiger partial charge is 0.338 e. The highest BCUT2D eigenvalue weighted by atomic mass is 16.2. The van der Waals surface area contributed by atoms with Crippen LogP contribution in [0.2, 0.25) is 0 Å². The van der Waals surface area contributed by atoms with Gasteiger partial charge in [0.15, 0.2) is 0 Å². The lowest BCUT2D eigenvalue weighted by molar-refractivity contribution is 0.133. The summed E-state index contributed by atoms with van der Waals surface area (Å²) in [7, 11) is 1.77. The Labute approximate surface area is 140 Å². The van der Waals surface area contributed by atoms with E-state index in [1.807, 2.05) is 30.0 Å². The van der Waals surface area contributed by atoms with Gasteiger partial charge in [-0.15, -0.1) is 0 Å². The molecule has 2 heterocycles. The number of urea groups is 1. The highest BCUT2D eigenvalue weighted by Gasteiger charge is 2.21. The van der Waals surface area contributed by atoms with Gasteiger partial charge in [-0.25, -0.2) is 9.78 Å². The lowest BCUT2D eigenvalue weighted by Gasteiger charge is -2.34. The molecule has 3 rings (SSSR count). The third-order valence-electron chi connectivity index (χ3n) is 4.43. The molecule has 0 bridgehead atoms. The average Bonchev–Trinajstić information content (AvgIpc) is 2.60. The minimum atomic E-state index is -0.0171. The van der Waals surface area contributed by atoms with Gasteiger partial charge in [0, 0.05) is 39.8 Å². The molecule has 2 amide bonds. The van der Waals surface area contributed by atoms with Crippen molar-refractivity contribution in [2.75, 3.05) is 32.7 Å². The molecule has 0 spiro atoms. The number of piperazine rings is 1. The Bertz CT molecular complexity index is 793. The molecule has 1 N–H and O–H groups in total. The number of carbonyl (C=O) groups excluding carboxylic acids is 1. The Morgan fingerprint density at radius 1 is 1.21 bits per heavy atom. The number of benzene rings is 1. The summed E-state index contributed by atoms with van der Waals surface area (Å²) in [4.78, 5) is 33.0. The second-order valence-electron chi connectivity index (χ2n) is 6.01. The zero-order valence-corrected chi connectivity index (χ0v) is 14.2. The Balaban J connectivity index is 1.71. The van der Waals surface area contributed by atoms with Crippen LogP contribution in [0.1, 0.15) is 12.7 Å². The molecular formula is C17H23N5O2. The molecule has 7 heteroatoms. The van der Waals surface area contributed by atoms with Gasteiger partial charge in [-0.2, -0.15) is 0 Å². The first kappa shape index (κ1) is 16.4. The number of aromatic nitrogens is 2. The van der Waals surface area contributed by atoms with E-state index >= 15 is 0 Å². The van der Waals surface area contributed by atoms with E-state index in [1.165, 1.54) is 0 Å². The molecule has 1 aliphatic heterocycles. The smallest absolute Gasteiger partial charge is 0.317 e. The van der Waals surface area contributed by atoms with Gasteiger partial charge in [0.1, 0.15) is 5.82 Å². The first-order valence-electron chi connectivity index (χ1n) is 8.30. The minimum Gasteiger partial charge on any atom is -0.338 e. The predicted molar refractivity (Wildman–Crippen MR) is 92.9 cm³/mol. The van der Waals surface area contributed by atoms with Crippen LogP contribution < -0.4 is 10.9 Å². The van der Waals surface area contributed by atoms with Crippen LogP contribution in [0.4, 0.5) is 4.79 Å². The van der Waals surface area contributed by atoms with Crippen molar-refractivity contribution in [1.29, 1.82) is 0 Å². The van der Waals surface area contributed by atoms with Gasteiger partial charge < -0.3 is 10.2 Å². The van der Waals surface area contributed by atoms with Crippen LogP contribution in [0, 0.1) is 0 Å². The fourth-order valence-electron chi connectivity index (χ4n) is 2.98. The van der Waals surface area contributed by atoms with Crippen LogP contribution in [0.5, 0.6) is 0 Å². The summed E-state index contributed by atoms with van der Waals surface area (Å²) in [5.74, 6) is 0.755. The van der Waals surface area contributed by atoms with Crippen LogP contribution in [-0.2, 0) is 13.6 Å². The number of carbonyl (C=O) groups is 1. The molecule has 24 heavy (non-hydrogen) atoms. The van der Waals surface area contributed by atoms with E-state index in [-0.39, 0.29) is 11.6 Å². The number of nitrogens with one attached hydrogen (secondary N) is 1. The molecule has 0 aliphatic carbocycles. The van der Waals surface area contributed by atoms with Gasteiger partial charge in [0.05, 0.1) is 17.4 Å². The summed E-state index contributed by atoms with van der Waals surface area (Å²) in [5, 5.41) is 3.47. The fraction of sp³-hybridized carbons (Fsp3) is 0.471.